The maximum atomic E-state index is 12.7. The van der Waals surface area contributed by atoms with Gasteiger partial charge in [0.05, 0.1) is 19.1 Å². The summed E-state index contributed by atoms with van der Waals surface area (Å²) in [6.07, 6.45) is -0.175. The molecular weight excluding hydrogens is 448 g/mol. The van der Waals surface area contributed by atoms with Crippen molar-refractivity contribution < 1.29 is 34.2 Å². The average molecular weight is 476 g/mol. The number of benzene rings is 1. The molecule has 1 heterocycles. The number of aliphatic carboxylic acids is 1. The molecule has 2 aromatic rings. The van der Waals surface area contributed by atoms with Crippen molar-refractivity contribution in [1.29, 1.82) is 0 Å². The maximum absolute atomic E-state index is 12.7. The Morgan fingerprint density at radius 2 is 1.74 bits per heavy atom. The summed E-state index contributed by atoms with van der Waals surface area (Å²) in [5, 5.41) is 26.4. The summed E-state index contributed by atoms with van der Waals surface area (Å²) >= 11 is 0. The molecule has 1 aromatic heterocycles. The van der Waals surface area contributed by atoms with Gasteiger partial charge in [0.2, 0.25) is 23.6 Å². The van der Waals surface area contributed by atoms with Crippen molar-refractivity contribution >= 4 is 40.5 Å². The molecule has 10 N–H and O–H groups in total. The van der Waals surface area contributed by atoms with Crippen LogP contribution < -0.4 is 27.4 Å². The number of aromatic nitrogens is 1. The summed E-state index contributed by atoms with van der Waals surface area (Å²) in [6.45, 7) is 0.701. The number of carbonyl (C=O) groups excluding carboxylic acids is 4. The number of nitrogens with one attached hydrogen (secondary N) is 4. The number of carboxylic acid groups (broad SMARTS) is 1. The van der Waals surface area contributed by atoms with Crippen LogP contribution in [0.5, 0.6) is 0 Å². The maximum Gasteiger partial charge on any atom is 0.326 e. The lowest BCUT2D eigenvalue weighted by Gasteiger charge is -2.21. The van der Waals surface area contributed by atoms with E-state index in [4.69, 9.17) is 11.5 Å². The molecular formula is C21H28N6O7. The molecule has 184 valence electrons. The minimum Gasteiger partial charge on any atom is -0.480 e. The van der Waals surface area contributed by atoms with Crippen molar-refractivity contribution in [3.63, 3.8) is 0 Å². The number of carboxylic acids is 1. The predicted octanol–water partition coefficient (Wildman–Crippen LogP) is -2.54. The van der Waals surface area contributed by atoms with E-state index in [1.807, 2.05) is 12.1 Å². The summed E-state index contributed by atoms with van der Waals surface area (Å²) in [5.41, 5.74) is 12.1. The minimum absolute atomic E-state index is 0.0599. The monoisotopic (exact) mass is 476 g/mol. The molecule has 13 nitrogen and oxygen atoms in total. The zero-order valence-corrected chi connectivity index (χ0v) is 18.4. The molecule has 13 heteroatoms. The zero-order valence-electron chi connectivity index (χ0n) is 18.4. The predicted molar refractivity (Wildman–Crippen MR) is 120 cm³/mol. The van der Waals surface area contributed by atoms with Crippen molar-refractivity contribution in [3.05, 3.63) is 36.0 Å². The largest absolute Gasteiger partial charge is 0.480 e. The number of rotatable bonds is 12. The normalized spacial score (nSPS) is 14.4. The first-order valence-electron chi connectivity index (χ1n) is 10.4. The fourth-order valence-corrected chi connectivity index (χ4v) is 3.15. The highest BCUT2D eigenvalue weighted by Gasteiger charge is 2.29. The first-order valence-corrected chi connectivity index (χ1v) is 10.4. The fourth-order valence-electron chi connectivity index (χ4n) is 3.15. The van der Waals surface area contributed by atoms with Crippen LogP contribution in [0.4, 0.5) is 0 Å². The van der Waals surface area contributed by atoms with Gasteiger partial charge in [-0.25, -0.2) is 4.79 Å². The standard InChI is InChI=1S/C21H28N6O7/c1-10(28)18(23)20(32)25-9-17(30)26-14(7-16(22)29)19(31)27-15(21(33)34)6-11-8-24-13-5-3-2-4-12(11)13/h2-5,8,10,14-15,18,24,28H,6-7,9,23H2,1H3,(H2,22,29)(H,25,32)(H,26,30)(H,27,31)(H,33,34). The van der Waals surface area contributed by atoms with Crippen molar-refractivity contribution in [1.82, 2.24) is 20.9 Å². The van der Waals surface area contributed by atoms with Gasteiger partial charge in [-0.3, -0.25) is 19.2 Å². The fraction of sp³-hybridized carbons (Fsp3) is 0.381. The van der Waals surface area contributed by atoms with Gasteiger partial charge in [-0.2, -0.15) is 0 Å². The van der Waals surface area contributed by atoms with Gasteiger partial charge in [0.25, 0.3) is 0 Å². The van der Waals surface area contributed by atoms with Gasteiger partial charge in [0, 0.05) is 23.5 Å². The number of nitrogens with two attached hydrogens (primary N) is 2. The van der Waals surface area contributed by atoms with Crippen molar-refractivity contribution in [2.75, 3.05) is 6.54 Å². The second-order valence-corrected chi connectivity index (χ2v) is 7.74. The number of fused-ring (bicyclic) bond motifs is 1. The molecule has 0 aliphatic rings. The van der Waals surface area contributed by atoms with E-state index < -0.39 is 66.8 Å². The second kappa shape index (κ2) is 11.8. The average Bonchev–Trinajstić information content (AvgIpc) is 3.18. The van der Waals surface area contributed by atoms with Gasteiger partial charge in [0.15, 0.2) is 0 Å². The van der Waals surface area contributed by atoms with Crippen LogP contribution in [0, 0.1) is 0 Å². The van der Waals surface area contributed by atoms with Gasteiger partial charge in [-0.05, 0) is 18.6 Å². The molecule has 0 aliphatic carbocycles. The molecule has 0 fully saturated rings. The van der Waals surface area contributed by atoms with Crippen LogP contribution in [0.3, 0.4) is 0 Å². The number of aliphatic hydroxyl groups is 1. The Balaban J connectivity index is 2.05. The van der Waals surface area contributed by atoms with E-state index in [1.54, 1.807) is 18.3 Å². The molecule has 4 unspecified atom stereocenters. The summed E-state index contributed by atoms with van der Waals surface area (Å²) in [5.74, 6) is -4.82. The number of aromatic amines is 1. The number of hydrogen-bond acceptors (Lipinski definition) is 7. The quantitative estimate of drug-likeness (QED) is 0.162. The first-order chi connectivity index (χ1) is 16.0. The zero-order chi connectivity index (χ0) is 25.4. The van der Waals surface area contributed by atoms with Gasteiger partial charge in [0.1, 0.15) is 18.1 Å². The molecule has 0 bridgehead atoms. The highest BCUT2D eigenvalue weighted by atomic mass is 16.4. The number of carbonyl (C=O) groups is 5. The minimum atomic E-state index is -1.47. The Labute approximate surface area is 194 Å². The van der Waals surface area contributed by atoms with E-state index in [2.05, 4.69) is 20.9 Å². The van der Waals surface area contributed by atoms with Crippen LogP contribution in [-0.4, -0.2) is 75.6 Å². The highest BCUT2D eigenvalue weighted by Crippen LogP contribution is 2.19. The molecule has 0 spiro atoms. The topological polar surface area (TPSA) is 230 Å². The second-order valence-electron chi connectivity index (χ2n) is 7.74. The Morgan fingerprint density at radius 1 is 1.06 bits per heavy atom. The van der Waals surface area contributed by atoms with E-state index >= 15 is 0 Å². The van der Waals surface area contributed by atoms with Crippen LogP contribution in [0.15, 0.2) is 30.5 Å². The molecule has 1 aromatic carbocycles. The van der Waals surface area contributed by atoms with Gasteiger partial charge >= 0.3 is 5.97 Å². The van der Waals surface area contributed by atoms with E-state index in [9.17, 15) is 34.2 Å². The molecule has 34 heavy (non-hydrogen) atoms. The third kappa shape index (κ3) is 7.28. The summed E-state index contributed by atoms with van der Waals surface area (Å²) in [4.78, 5) is 62.8. The molecule has 0 saturated heterocycles. The SMILES string of the molecule is CC(O)C(N)C(=O)NCC(=O)NC(CC(N)=O)C(=O)NC(Cc1c[nH]c2ccccc12)C(=O)O. The van der Waals surface area contributed by atoms with Crippen LogP contribution in [-0.2, 0) is 30.4 Å². The molecule has 2 rings (SSSR count). The van der Waals surface area contributed by atoms with E-state index in [-0.39, 0.29) is 6.42 Å². The lowest BCUT2D eigenvalue weighted by atomic mass is 10.0. The van der Waals surface area contributed by atoms with Crippen LogP contribution in [0.2, 0.25) is 0 Å². The lowest BCUT2D eigenvalue weighted by Crippen LogP contribution is -2.55. The van der Waals surface area contributed by atoms with E-state index in [0.29, 0.717) is 5.56 Å². The number of para-hydroxylation sites is 1. The number of aliphatic hydroxyl groups excluding tert-OH is 1. The third-order valence-corrected chi connectivity index (χ3v) is 5.02. The number of H-pyrrole nitrogens is 1. The molecule has 4 amide bonds. The summed E-state index contributed by atoms with van der Waals surface area (Å²) in [6, 6.07) is 3.13. The highest BCUT2D eigenvalue weighted by molar-refractivity contribution is 5.95. The summed E-state index contributed by atoms with van der Waals surface area (Å²) in [7, 11) is 0. The van der Waals surface area contributed by atoms with Crippen LogP contribution in [0.25, 0.3) is 10.9 Å². The molecule has 4 atom stereocenters. The molecule has 0 saturated carbocycles. The van der Waals surface area contributed by atoms with Gasteiger partial charge in [-0.1, -0.05) is 18.2 Å². The van der Waals surface area contributed by atoms with Crippen molar-refractivity contribution in [2.24, 2.45) is 11.5 Å². The number of primary amides is 1. The Bertz CT molecular complexity index is 1070. The number of hydrogen-bond donors (Lipinski definition) is 8. The third-order valence-electron chi connectivity index (χ3n) is 5.02. The number of amides is 4. The van der Waals surface area contributed by atoms with Crippen LogP contribution in [0.1, 0.15) is 18.9 Å². The van der Waals surface area contributed by atoms with Crippen LogP contribution >= 0.6 is 0 Å². The van der Waals surface area contributed by atoms with Crippen molar-refractivity contribution in [2.45, 2.75) is 44.0 Å². The first kappa shape index (κ1) is 26.3. The smallest absolute Gasteiger partial charge is 0.326 e. The Kier molecular flexibility index (Phi) is 9.10. The molecule has 0 radical (unpaired) electrons. The lowest BCUT2D eigenvalue weighted by molar-refractivity contribution is -0.142. The van der Waals surface area contributed by atoms with Crippen molar-refractivity contribution in [3.8, 4) is 0 Å². The van der Waals surface area contributed by atoms with E-state index in [0.717, 1.165) is 10.9 Å². The van der Waals surface area contributed by atoms with E-state index in [1.165, 1.54) is 6.92 Å². The van der Waals surface area contributed by atoms with Gasteiger partial charge in [-0.15, -0.1) is 0 Å². The Hall–Kier alpha value is -3.97. The van der Waals surface area contributed by atoms with Gasteiger partial charge < -0.3 is 42.6 Å². The molecule has 0 aliphatic heterocycles. The summed E-state index contributed by atoms with van der Waals surface area (Å²) < 4.78 is 0. The Morgan fingerprint density at radius 3 is 2.35 bits per heavy atom.